The average Bonchev–Trinajstić information content (AvgIpc) is 3.20. The minimum atomic E-state index is -0.492. The highest BCUT2D eigenvalue weighted by atomic mass is 16.5. The molecule has 1 atom stereocenters. The molecule has 3 amide bonds. The van der Waals surface area contributed by atoms with Gasteiger partial charge in [-0.05, 0) is 43.1 Å². The summed E-state index contributed by atoms with van der Waals surface area (Å²) in [5, 5.41) is 5.12. The highest BCUT2D eigenvalue weighted by Gasteiger charge is 2.30. The molecule has 29 heavy (non-hydrogen) atoms. The molecule has 154 valence electrons. The number of ether oxygens (including phenoxy) is 2. The van der Waals surface area contributed by atoms with Crippen LogP contribution in [0.1, 0.15) is 30.0 Å². The monoisotopic (exact) mass is 397 g/mol. The molecule has 1 fully saturated rings. The van der Waals surface area contributed by atoms with Crippen molar-refractivity contribution in [2.45, 2.75) is 25.4 Å². The summed E-state index contributed by atoms with van der Waals surface area (Å²) >= 11 is 0. The van der Waals surface area contributed by atoms with Crippen LogP contribution in [-0.4, -0.2) is 44.1 Å². The number of rotatable bonds is 7. The molecule has 2 aromatic rings. The summed E-state index contributed by atoms with van der Waals surface area (Å²) in [7, 11) is 3.26. The SMILES string of the molecule is COc1ccc(OC)c(C2CCCN2CC(=O)NC(=O)NCc2ccccc2)c1. The topological polar surface area (TPSA) is 79.9 Å². The maximum atomic E-state index is 12.4. The molecular formula is C22H27N3O4. The number of likely N-dealkylation sites (tertiary alicyclic amines) is 1. The molecule has 1 aliphatic heterocycles. The van der Waals surface area contributed by atoms with Crippen LogP contribution in [0.15, 0.2) is 48.5 Å². The van der Waals surface area contributed by atoms with Gasteiger partial charge in [-0.2, -0.15) is 0 Å². The molecule has 0 radical (unpaired) electrons. The van der Waals surface area contributed by atoms with Gasteiger partial charge >= 0.3 is 6.03 Å². The van der Waals surface area contributed by atoms with E-state index in [-0.39, 0.29) is 18.5 Å². The van der Waals surface area contributed by atoms with Crippen LogP contribution in [0, 0.1) is 0 Å². The lowest BCUT2D eigenvalue weighted by atomic mass is 10.0. The molecular weight excluding hydrogens is 370 g/mol. The van der Waals surface area contributed by atoms with E-state index in [1.165, 1.54) is 0 Å². The van der Waals surface area contributed by atoms with Gasteiger partial charge in [-0.15, -0.1) is 0 Å². The normalized spacial score (nSPS) is 16.3. The van der Waals surface area contributed by atoms with Gasteiger partial charge in [-0.1, -0.05) is 30.3 Å². The fraction of sp³-hybridized carbons (Fsp3) is 0.364. The molecule has 3 rings (SSSR count). The van der Waals surface area contributed by atoms with Gasteiger partial charge in [-0.25, -0.2) is 4.79 Å². The van der Waals surface area contributed by atoms with Crippen LogP contribution in [0.4, 0.5) is 4.79 Å². The molecule has 1 heterocycles. The van der Waals surface area contributed by atoms with E-state index in [1.807, 2.05) is 48.5 Å². The van der Waals surface area contributed by atoms with Crippen molar-refractivity contribution in [2.75, 3.05) is 27.3 Å². The second-order valence-electron chi connectivity index (χ2n) is 6.95. The zero-order chi connectivity index (χ0) is 20.6. The van der Waals surface area contributed by atoms with Gasteiger partial charge in [0.2, 0.25) is 5.91 Å². The van der Waals surface area contributed by atoms with E-state index < -0.39 is 6.03 Å². The predicted molar refractivity (Wildman–Crippen MR) is 110 cm³/mol. The lowest BCUT2D eigenvalue weighted by Gasteiger charge is -2.25. The Morgan fingerprint density at radius 2 is 1.90 bits per heavy atom. The number of amides is 3. The number of imide groups is 1. The molecule has 7 heteroatoms. The highest BCUT2D eigenvalue weighted by Crippen LogP contribution is 2.38. The third-order valence-corrected chi connectivity index (χ3v) is 5.06. The molecule has 2 N–H and O–H groups in total. The number of hydrogen-bond donors (Lipinski definition) is 2. The second-order valence-corrected chi connectivity index (χ2v) is 6.95. The fourth-order valence-corrected chi connectivity index (χ4v) is 3.64. The van der Waals surface area contributed by atoms with Crippen LogP contribution in [0.5, 0.6) is 11.5 Å². The van der Waals surface area contributed by atoms with Gasteiger partial charge < -0.3 is 14.8 Å². The van der Waals surface area contributed by atoms with Crippen molar-refractivity contribution in [1.29, 1.82) is 0 Å². The smallest absolute Gasteiger partial charge is 0.321 e. The lowest BCUT2D eigenvalue weighted by Crippen LogP contribution is -2.44. The van der Waals surface area contributed by atoms with Gasteiger partial charge in [-0.3, -0.25) is 15.0 Å². The zero-order valence-electron chi connectivity index (χ0n) is 16.8. The third kappa shape index (κ3) is 5.48. The van der Waals surface area contributed by atoms with Crippen LogP contribution in [0.3, 0.4) is 0 Å². The van der Waals surface area contributed by atoms with Crippen molar-refractivity contribution in [3.63, 3.8) is 0 Å². The Hall–Kier alpha value is -3.06. The summed E-state index contributed by atoms with van der Waals surface area (Å²) in [6.07, 6.45) is 1.88. The number of carbonyl (C=O) groups is 2. The maximum absolute atomic E-state index is 12.4. The lowest BCUT2D eigenvalue weighted by molar-refractivity contribution is -0.121. The van der Waals surface area contributed by atoms with Crippen molar-refractivity contribution < 1.29 is 19.1 Å². The Kier molecular flexibility index (Phi) is 7.08. The number of hydrogen-bond acceptors (Lipinski definition) is 5. The average molecular weight is 397 g/mol. The Labute approximate surface area is 171 Å². The number of urea groups is 1. The summed E-state index contributed by atoms with van der Waals surface area (Å²) in [6, 6.07) is 14.8. The molecule has 0 aliphatic carbocycles. The van der Waals surface area contributed by atoms with Gasteiger partial charge in [0.15, 0.2) is 0 Å². The molecule has 0 spiro atoms. The standard InChI is InChI=1S/C22H27N3O4/c1-28-17-10-11-20(29-2)18(13-17)19-9-6-12-25(19)15-21(26)24-22(27)23-14-16-7-4-3-5-8-16/h3-5,7-8,10-11,13,19H,6,9,12,14-15H2,1-2H3,(H2,23,24,26,27). The zero-order valence-corrected chi connectivity index (χ0v) is 16.8. The first-order chi connectivity index (χ1) is 14.1. The largest absolute Gasteiger partial charge is 0.497 e. The summed E-state index contributed by atoms with van der Waals surface area (Å²) in [6.45, 7) is 1.29. The van der Waals surface area contributed by atoms with Crippen molar-refractivity contribution >= 4 is 11.9 Å². The van der Waals surface area contributed by atoms with E-state index in [0.717, 1.165) is 42.0 Å². The first-order valence-electron chi connectivity index (χ1n) is 9.68. The quantitative estimate of drug-likeness (QED) is 0.751. The van der Waals surface area contributed by atoms with Crippen molar-refractivity contribution in [1.82, 2.24) is 15.5 Å². The van der Waals surface area contributed by atoms with Gasteiger partial charge in [0.05, 0.1) is 20.8 Å². The summed E-state index contributed by atoms with van der Waals surface area (Å²) in [4.78, 5) is 26.5. The molecule has 0 bridgehead atoms. The summed E-state index contributed by atoms with van der Waals surface area (Å²) in [5.74, 6) is 1.19. The number of carbonyl (C=O) groups excluding carboxylic acids is 2. The Bertz CT molecular complexity index is 841. The van der Waals surface area contributed by atoms with E-state index in [0.29, 0.717) is 6.54 Å². The Morgan fingerprint density at radius 1 is 1.10 bits per heavy atom. The molecule has 1 aliphatic rings. The van der Waals surface area contributed by atoms with Crippen LogP contribution >= 0.6 is 0 Å². The number of benzene rings is 2. The minimum absolute atomic E-state index is 0.0400. The van der Waals surface area contributed by atoms with Gasteiger partial charge in [0, 0.05) is 18.2 Å². The van der Waals surface area contributed by atoms with Crippen LogP contribution in [0.25, 0.3) is 0 Å². The minimum Gasteiger partial charge on any atom is -0.497 e. The summed E-state index contributed by atoms with van der Waals surface area (Å²) in [5.41, 5.74) is 1.96. The van der Waals surface area contributed by atoms with Crippen molar-refractivity contribution in [3.8, 4) is 11.5 Å². The van der Waals surface area contributed by atoms with Crippen molar-refractivity contribution in [3.05, 3.63) is 59.7 Å². The Morgan fingerprint density at radius 3 is 2.62 bits per heavy atom. The first kappa shape index (κ1) is 20.7. The molecule has 0 saturated carbocycles. The van der Waals surface area contributed by atoms with E-state index in [1.54, 1.807) is 14.2 Å². The highest BCUT2D eigenvalue weighted by molar-refractivity contribution is 5.95. The van der Waals surface area contributed by atoms with E-state index in [9.17, 15) is 9.59 Å². The molecule has 2 aromatic carbocycles. The number of nitrogens with one attached hydrogen (secondary N) is 2. The number of nitrogens with zero attached hydrogens (tertiary/aromatic N) is 1. The van der Waals surface area contributed by atoms with E-state index in [4.69, 9.17) is 9.47 Å². The van der Waals surface area contributed by atoms with Crippen molar-refractivity contribution in [2.24, 2.45) is 0 Å². The van der Waals surface area contributed by atoms with Crippen LogP contribution < -0.4 is 20.1 Å². The maximum Gasteiger partial charge on any atom is 0.321 e. The number of methoxy groups -OCH3 is 2. The Balaban J connectivity index is 1.57. The van der Waals surface area contributed by atoms with Crippen LogP contribution in [-0.2, 0) is 11.3 Å². The third-order valence-electron chi connectivity index (χ3n) is 5.06. The molecule has 1 saturated heterocycles. The van der Waals surface area contributed by atoms with Gasteiger partial charge in [0.25, 0.3) is 0 Å². The fourth-order valence-electron chi connectivity index (χ4n) is 3.64. The predicted octanol–water partition coefficient (Wildman–Crippen LogP) is 2.87. The van der Waals surface area contributed by atoms with Gasteiger partial charge in [0.1, 0.15) is 11.5 Å². The van der Waals surface area contributed by atoms with Crippen LogP contribution in [0.2, 0.25) is 0 Å². The van der Waals surface area contributed by atoms with E-state index in [2.05, 4.69) is 15.5 Å². The molecule has 1 unspecified atom stereocenters. The molecule has 7 nitrogen and oxygen atoms in total. The first-order valence-corrected chi connectivity index (χ1v) is 9.68. The van der Waals surface area contributed by atoms with E-state index >= 15 is 0 Å². The second kappa shape index (κ2) is 9.93. The molecule has 0 aromatic heterocycles. The summed E-state index contributed by atoms with van der Waals surface area (Å²) < 4.78 is 10.8.